The Labute approximate surface area is 137 Å². The van der Waals surface area contributed by atoms with E-state index in [4.69, 9.17) is 0 Å². The Hall–Kier alpha value is -1.92. The standard InChI is InChI=1S/C18H18F3NO2/c1-16(24)10-17(11-16,15(23)14-7-2-3-8-22-14)12-5-4-6-13(9-12)18(19,20)21/h2-9,15,23-24H,10-11H2,1H3/t15-,16-,17-/m1/s1. The van der Waals surface area contributed by atoms with Gasteiger partial charge in [-0.3, -0.25) is 4.98 Å². The summed E-state index contributed by atoms with van der Waals surface area (Å²) >= 11 is 0. The fourth-order valence-corrected chi connectivity index (χ4v) is 3.69. The number of alkyl halides is 3. The molecule has 0 radical (unpaired) electrons. The third kappa shape index (κ3) is 2.91. The zero-order valence-electron chi connectivity index (χ0n) is 13.1. The molecule has 128 valence electrons. The van der Waals surface area contributed by atoms with Gasteiger partial charge in [-0.2, -0.15) is 13.2 Å². The molecule has 1 heterocycles. The highest BCUT2D eigenvalue weighted by Gasteiger charge is 2.57. The van der Waals surface area contributed by atoms with Crippen molar-refractivity contribution in [1.82, 2.24) is 4.98 Å². The van der Waals surface area contributed by atoms with Gasteiger partial charge in [0.2, 0.25) is 0 Å². The van der Waals surface area contributed by atoms with E-state index in [-0.39, 0.29) is 12.8 Å². The van der Waals surface area contributed by atoms with Crippen LogP contribution in [0.15, 0.2) is 48.7 Å². The predicted octanol–water partition coefficient (Wildman–Crippen LogP) is 3.62. The molecule has 6 heteroatoms. The normalized spacial score (nSPS) is 28.2. The van der Waals surface area contributed by atoms with Crippen molar-refractivity contribution in [2.45, 2.75) is 43.1 Å². The molecular weight excluding hydrogens is 319 g/mol. The molecule has 0 bridgehead atoms. The molecule has 0 amide bonds. The summed E-state index contributed by atoms with van der Waals surface area (Å²) in [7, 11) is 0. The van der Waals surface area contributed by atoms with Crippen molar-refractivity contribution in [3.8, 4) is 0 Å². The molecule has 1 aliphatic carbocycles. The first-order valence-electron chi connectivity index (χ1n) is 7.63. The van der Waals surface area contributed by atoms with E-state index in [1.165, 1.54) is 12.3 Å². The fourth-order valence-electron chi connectivity index (χ4n) is 3.69. The minimum absolute atomic E-state index is 0.166. The van der Waals surface area contributed by atoms with Gasteiger partial charge in [0.15, 0.2) is 0 Å². The highest BCUT2D eigenvalue weighted by molar-refractivity contribution is 5.38. The smallest absolute Gasteiger partial charge is 0.390 e. The summed E-state index contributed by atoms with van der Waals surface area (Å²) in [6.45, 7) is 1.62. The van der Waals surface area contributed by atoms with Gasteiger partial charge in [-0.15, -0.1) is 0 Å². The number of benzene rings is 1. The van der Waals surface area contributed by atoms with Crippen LogP contribution in [-0.4, -0.2) is 20.8 Å². The monoisotopic (exact) mass is 337 g/mol. The molecule has 2 aromatic rings. The lowest BCUT2D eigenvalue weighted by molar-refractivity contribution is -0.138. The van der Waals surface area contributed by atoms with Crippen molar-refractivity contribution >= 4 is 0 Å². The van der Waals surface area contributed by atoms with E-state index in [0.29, 0.717) is 11.3 Å². The Kier molecular flexibility index (Phi) is 3.92. The molecule has 24 heavy (non-hydrogen) atoms. The maximum atomic E-state index is 13.0. The van der Waals surface area contributed by atoms with Crippen LogP contribution in [0.4, 0.5) is 13.2 Å². The van der Waals surface area contributed by atoms with Crippen LogP contribution in [0, 0.1) is 0 Å². The van der Waals surface area contributed by atoms with E-state index in [1.807, 2.05) is 0 Å². The molecule has 1 fully saturated rings. The largest absolute Gasteiger partial charge is 0.416 e. The molecule has 1 aliphatic rings. The van der Waals surface area contributed by atoms with Crippen molar-refractivity contribution < 1.29 is 23.4 Å². The van der Waals surface area contributed by atoms with Gasteiger partial charge in [0.25, 0.3) is 0 Å². The summed E-state index contributed by atoms with van der Waals surface area (Å²) in [5.74, 6) is 0. The second-order valence-corrected chi connectivity index (χ2v) is 6.74. The van der Waals surface area contributed by atoms with Crippen molar-refractivity contribution in [1.29, 1.82) is 0 Å². The van der Waals surface area contributed by atoms with Crippen LogP contribution in [0.1, 0.15) is 42.7 Å². The highest BCUT2D eigenvalue weighted by Crippen LogP contribution is 2.57. The molecule has 1 aromatic carbocycles. The first-order valence-corrected chi connectivity index (χ1v) is 7.63. The zero-order valence-corrected chi connectivity index (χ0v) is 13.1. The Bertz CT molecular complexity index is 721. The van der Waals surface area contributed by atoms with Crippen LogP contribution in [0.5, 0.6) is 0 Å². The van der Waals surface area contributed by atoms with Crippen molar-refractivity contribution in [3.05, 3.63) is 65.5 Å². The van der Waals surface area contributed by atoms with Crippen LogP contribution in [0.25, 0.3) is 0 Å². The molecule has 0 aliphatic heterocycles. The van der Waals surface area contributed by atoms with Crippen molar-refractivity contribution in [2.24, 2.45) is 0 Å². The van der Waals surface area contributed by atoms with Crippen LogP contribution < -0.4 is 0 Å². The van der Waals surface area contributed by atoms with Crippen LogP contribution >= 0.6 is 0 Å². The summed E-state index contributed by atoms with van der Waals surface area (Å²) < 4.78 is 39.1. The first kappa shape index (κ1) is 16.9. The summed E-state index contributed by atoms with van der Waals surface area (Å²) in [5, 5.41) is 21.0. The molecule has 2 N–H and O–H groups in total. The minimum atomic E-state index is -4.46. The number of aromatic nitrogens is 1. The maximum absolute atomic E-state index is 13.0. The predicted molar refractivity (Wildman–Crippen MR) is 82.2 cm³/mol. The lowest BCUT2D eigenvalue weighted by Gasteiger charge is -2.54. The number of hydrogen-bond acceptors (Lipinski definition) is 3. The lowest BCUT2D eigenvalue weighted by atomic mass is 9.53. The maximum Gasteiger partial charge on any atom is 0.416 e. The third-order valence-corrected chi connectivity index (χ3v) is 4.65. The zero-order chi connectivity index (χ0) is 17.6. The fraction of sp³-hybridized carbons (Fsp3) is 0.389. The molecule has 1 atom stereocenters. The van der Waals surface area contributed by atoms with Gasteiger partial charge in [0.05, 0.1) is 16.9 Å². The van der Waals surface area contributed by atoms with Crippen LogP contribution in [0.3, 0.4) is 0 Å². The van der Waals surface area contributed by atoms with E-state index in [9.17, 15) is 23.4 Å². The van der Waals surface area contributed by atoms with Gasteiger partial charge >= 0.3 is 6.18 Å². The number of nitrogens with zero attached hydrogens (tertiary/aromatic N) is 1. The van der Waals surface area contributed by atoms with Crippen LogP contribution in [0.2, 0.25) is 0 Å². The van der Waals surface area contributed by atoms with Gasteiger partial charge in [0, 0.05) is 11.6 Å². The molecule has 0 spiro atoms. The van der Waals surface area contributed by atoms with Crippen molar-refractivity contribution in [2.75, 3.05) is 0 Å². The molecular formula is C18H18F3NO2. The van der Waals surface area contributed by atoms with E-state index >= 15 is 0 Å². The van der Waals surface area contributed by atoms with Gasteiger partial charge < -0.3 is 10.2 Å². The quantitative estimate of drug-likeness (QED) is 0.899. The number of rotatable bonds is 3. The number of hydrogen-bond donors (Lipinski definition) is 2. The summed E-state index contributed by atoms with van der Waals surface area (Å²) in [5.41, 5.74) is -2.03. The number of halogens is 3. The Morgan fingerprint density at radius 1 is 1.12 bits per heavy atom. The molecule has 3 rings (SSSR count). The van der Waals surface area contributed by atoms with Gasteiger partial charge in [-0.25, -0.2) is 0 Å². The number of aliphatic hydroxyl groups excluding tert-OH is 1. The topological polar surface area (TPSA) is 53.4 Å². The summed E-state index contributed by atoms with van der Waals surface area (Å²) in [6, 6.07) is 10.00. The molecule has 1 saturated carbocycles. The third-order valence-electron chi connectivity index (χ3n) is 4.65. The number of pyridine rings is 1. The summed E-state index contributed by atoms with van der Waals surface area (Å²) in [4.78, 5) is 4.12. The average molecular weight is 337 g/mol. The average Bonchev–Trinajstić information content (AvgIpc) is 2.51. The molecule has 0 saturated heterocycles. The Balaban J connectivity index is 2.05. The SMILES string of the molecule is C[C@]1(O)C[C@](c2cccc(C(F)(F)F)c2)([C@H](O)c2ccccn2)C1. The molecule has 3 nitrogen and oxygen atoms in total. The second kappa shape index (κ2) is 5.57. The molecule has 1 aromatic heterocycles. The lowest BCUT2D eigenvalue weighted by Crippen LogP contribution is -2.56. The first-order chi connectivity index (χ1) is 11.1. The highest BCUT2D eigenvalue weighted by atomic mass is 19.4. The second-order valence-electron chi connectivity index (χ2n) is 6.74. The van der Waals surface area contributed by atoms with E-state index in [2.05, 4.69) is 4.98 Å². The Morgan fingerprint density at radius 2 is 1.83 bits per heavy atom. The van der Waals surface area contributed by atoms with Gasteiger partial charge in [-0.05, 0) is 43.5 Å². The van der Waals surface area contributed by atoms with E-state index < -0.39 is 28.9 Å². The van der Waals surface area contributed by atoms with E-state index in [0.717, 1.165) is 12.1 Å². The van der Waals surface area contributed by atoms with E-state index in [1.54, 1.807) is 31.2 Å². The minimum Gasteiger partial charge on any atom is -0.390 e. The van der Waals surface area contributed by atoms with Crippen molar-refractivity contribution in [3.63, 3.8) is 0 Å². The summed E-state index contributed by atoms with van der Waals surface area (Å²) in [6.07, 6.45) is -3.70. The number of aliphatic hydroxyl groups is 2. The van der Waals surface area contributed by atoms with Gasteiger partial charge in [-0.1, -0.05) is 24.3 Å². The van der Waals surface area contributed by atoms with Gasteiger partial charge in [0.1, 0.15) is 6.10 Å². The van der Waals surface area contributed by atoms with Crippen LogP contribution in [-0.2, 0) is 11.6 Å². The Morgan fingerprint density at radius 3 is 2.38 bits per heavy atom. The molecule has 0 unspecified atom stereocenters.